The summed E-state index contributed by atoms with van der Waals surface area (Å²) >= 11 is 0.344. The quantitative estimate of drug-likeness (QED) is 0.619. The predicted octanol–water partition coefficient (Wildman–Crippen LogP) is 0.759. The van der Waals surface area contributed by atoms with Crippen LogP contribution in [0.4, 0.5) is 0 Å². The van der Waals surface area contributed by atoms with Gasteiger partial charge < -0.3 is 10.2 Å². The molecule has 2 atom stereocenters. The van der Waals surface area contributed by atoms with Crippen LogP contribution in [0.2, 0.25) is 0 Å². The van der Waals surface area contributed by atoms with Crippen LogP contribution in [-0.4, -0.2) is 27.4 Å². The molecule has 0 spiro atoms. The Morgan fingerprint density at radius 2 is 1.93 bits per heavy atom. The van der Waals surface area contributed by atoms with Crippen molar-refractivity contribution in [1.29, 1.82) is 0 Å². The molecule has 14 heavy (non-hydrogen) atoms. The Morgan fingerprint density at radius 1 is 1.36 bits per heavy atom. The zero-order chi connectivity index (χ0) is 11.1. The van der Waals surface area contributed by atoms with Gasteiger partial charge in [-0.25, -0.2) is 0 Å². The van der Waals surface area contributed by atoms with Gasteiger partial charge in [0.1, 0.15) is 0 Å². The topological polar surface area (TPSA) is 91.7 Å². The van der Waals surface area contributed by atoms with Gasteiger partial charge in [0.2, 0.25) is 5.25 Å². The standard InChI is InChI=1S/C8H12O5S/c1-5(14-13)4-6(8(11)12)2-3-7(9)10/h5-6H,2-4H2,1H3,(H-,9,10,11,12)/p+1. The summed E-state index contributed by atoms with van der Waals surface area (Å²) in [6.07, 6.45) is 0.125. The lowest BCUT2D eigenvalue weighted by atomic mass is 9.98. The molecule has 0 saturated heterocycles. The van der Waals surface area contributed by atoms with E-state index in [0.717, 1.165) is 0 Å². The van der Waals surface area contributed by atoms with Gasteiger partial charge in [-0.05, 0) is 13.3 Å². The number of carboxylic acids is 2. The molecule has 0 amide bonds. The maximum absolute atomic E-state index is 10.7. The monoisotopic (exact) mass is 221 g/mol. The summed E-state index contributed by atoms with van der Waals surface area (Å²) in [5.74, 6) is -2.78. The number of rotatable bonds is 7. The molecule has 2 unspecified atom stereocenters. The molecule has 0 aliphatic rings. The zero-order valence-corrected chi connectivity index (χ0v) is 8.62. The number of hydrogen-bond acceptors (Lipinski definition) is 3. The molecule has 0 aliphatic heterocycles. The van der Waals surface area contributed by atoms with Crippen LogP contribution in [0.5, 0.6) is 0 Å². The fraction of sp³-hybridized carbons (Fsp3) is 0.750. The second-order valence-corrected chi connectivity index (χ2v) is 4.11. The third-order valence-electron chi connectivity index (χ3n) is 1.84. The maximum atomic E-state index is 10.7. The van der Waals surface area contributed by atoms with E-state index >= 15 is 0 Å². The number of carbonyl (C=O) groups is 2. The number of aliphatic carboxylic acids is 2. The summed E-state index contributed by atoms with van der Waals surface area (Å²) < 4.78 is 10.3. The highest BCUT2D eigenvalue weighted by Crippen LogP contribution is 2.15. The van der Waals surface area contributed by atoms with Gasteiger partial charge in [0.25, 0.3) is 0 Å². The highest BCUT2D eigenvalue weighted by molar-refractivity contribution is 7.66. The summed E-state index contributed by atoms with van der Waals surface area (Å²) in [4.78, 5) is 20.9. The lowest BCUT2D eigenvalue weighted by molar-refractivity contribution is -0.143. The highest BCUT2D eigenvalue weighted by atomic mass is 32.1. The first-order valence-corrected chi connectivity index (χ1v) is 5.01. The van der Waals surface area contributed by atoms with Crippen LogP contribution in [0.1, 0.15) is 26.2 Å². The zero-order valence-electron chi connectivity index (χ0n) is 7.80. The summed E-state index contributed by atoms with van der Waals surface area (Å²) in [5.41, 5.74) is 0. The average Bonchev–Trinajstić information content (AvgIpc) is 2.10. The molecule has 0 bridgehead atoms. The van der Waals surface area contributed by atoms with E-state index in [4.69, 9.17) is 10.2 Å². The van der Waals surface area contributed by atoms with Crippen LogP contribution in [0.15, 0.2) is 0 Å². The fourth-order valence-electron chi connectivity index (χ4n) is 1.08. The summed E-state index contributed by atoms with van der Waals surface area (Å²) in [6.45, 7) is 1.63. The molecule has 0 heterocycles. The molecule has 0 aromatic heterocycles. The molecule has 0 aliphatic carbocycles. The molecule has 6 heteroatoms. The molecule has 0 rings (SSSR count). The van der Waals surface area contributed by atoms with Gasteiger partial charge in [-0.2, -0.15) is 0 Å². The largest absolute Gasteiger partial charge is 0.481 e. The third kappa shape index (κ3) is 5.58. The minimum atomic E-state index is -1.04. The van der Waals surface area contributed by atoms with Crippen molar-refractivity contribution in [1.82, 2.24) is 0 Å². The molecule has 2 N–H and O–H groups in total. The van der Waals surface area contributed by atoms with Crippen LogP contribution >= 0.6 is 0 Å². The van der Waals surface area contributed by atoms with E-state index in [1.165, 1.54) is 0 Å². The van der Waals surface area contributed by atoms with Crippen LogP contribution in [0, 0.1) is 5.92 Å². The second-order valence-electron chi connectivity index (χ2n) is 3.11. The molecule has 0 aromatic carbocycles. The summed E-state index contributed by atoms with van der Waals surface area (Å²) in [6, 6.07) is 0. The normalized spacial score (nSPS) is 14.4. The van der Waals surface area contributed by atoms with Crippen molar-refractivity contribution in [2.75, 3.05) is 0 Å². The van der Waals surface area contributed by atoms with E-state index in [0.29, 0.717) is 11.7 Å². The molecule has 0 fully saturated rings. The Hall–Kier alpha value is -1.04. The number of carboxylic acid groups (broad SMARTS) is 2. The summed E-state index contributed by atoms with van der Waals surface area (Å²) in [7, 11) is 0. The fourth-order valence-corrected chi connectivity index (χ4v) is 1.39. The van der Waals surface area contributed by atoms with Crippen LogP contribution in [0.3, 0.4) is 0 Å². The van der Waals surface area contributed by atoms with Gasteiger partial charge >= 0.3 is 23.6 Å². The minimum Gasteiger partial charge on any atom is -0.481 e. The van der Waals surface area contributed by atoms with Crippen molar-refractivity contribution >= 4 is 23.6 Å². The third-order valence-corrected chi connectivity index (χ3v) is 2.36. The Bertz CT molecular complexity index is 228. The van der Waals surface area contributed by atoms with Gasteiger partial charge in [0.15, 0.2) is 0 Å². The molecular weight excluding hydrogens is 208 g/mol. The minimum absolute atomic E-state index is 0.0789. The van der Waals surface area contributed by atoms with E-state index in [1.54, 1.807) is 6.92 Å². The SMILES string of the molecule is CC(CC(CCC(=O)O)C(=O)O)[S+]=O. The van der Waals surface area contributed by atoms with E-state index in [2.05, 4.69) is 0 Å². The van der Waals surface area contributed by atoms with Gasteiger partial charge in [-0.1, -0.05) is 0 Å². The lowest BCUT2D eigenvalue weighted by Crippen LogP contribution is -2.19. The van der Waals surface area contributed by atoms with Crippen molar-refractivity contribution < 1.29 is 24.0 Å². The molecule has 0 aromatic rings. The second kappa shape index (κ2) is 6.42. The van der Waals surface area contributed by atoms with Crippen molar-refractivity contribution in [3.05, 3.63) is 0 Å². The molecule has 80 valence electrons. The van der Waals surface area contributed by atoms with E-state index < -0.39 is 17.9 Å². The first-order valence-electron chi connectivity index (χ1n) is 4.20. The molecule has 0 saturated carbocycles. The Labute approximate surface area is 85.6 Å². The van der Waals surface area contributed by atoms with E-state index in [1.807, 2.05) is 0 Å². The highest BCUT2D eigenvalue weighted by Gasteiger charge is 2.26. The molecular formula is C8H13O5S+. The van der Waals surface area contributed by atoms with Crippen molar-refractivity contribution in [2.24, 2.45) is 5.92 Å². The lowest BCUT2D eigenvalue weighted by Gasteiger charge is -2.07. The first-order chi connectivity index (χ1) is 6.47. The van der Waals surface area contributed by atoms with Gasteiger partial charge in [0, 0.05) is 17.1 Å². The van der Waals surface area contributed by atoms with Crippen LogP contribution in [-0.2, 0) is 25.5 Å². The van der Waals surface area contributed by atoms with E-state index in [-0.39, 0.29) is 24.5 Å². The Kier molecular flexibility index (Phi) is 5.94. The first kappa shape index (κ1) is 13.0. The average molecular weight is 221 g/mol. The van der Waals surface area contributed by atoms with Gasteiger partial charge in [-0.15, -0.1) is 0 Å². The smallest absolute Gasteiger partial charge is 0.461 e. The van der Waals surface area contributed by atoms with Crippen molar-refractivity contribution in [3.8, 4) is 0 Å². The molecule has 0 radical (unpaired) electrons. The van der Waals surface area contributed by atoms with Crippen LogP contribution in [0.25, 0.3) is 0 Å². The number of hydrogen-bond donors (Lipinski definition) is 2. The maximum Gasteiger partial charge on any atom is 0.461 e. The van der Waals surface area contributed by atoms with Crippen LogP contribution < -0.4 is 0 Å². The van der Waals surface area contributed by atoms with Crippen molar-refractivity contribution in [3.63, 3.8) is 0 Å². The van der Waals surface area contributed by atoms with Crippen molar-refractivity contribution in [2.45, 2.75) is 31.4 Å². The molecule has 5 nitrogen and oxygen atoms in total. The van der Waals surface area contributed by atoms with Gasteiger partial charge in [-0.3, -0.25) is 9.59 Å². The van der Waals surface area contributed by atoms with Gasteiger partial charge in [0.05, 0.1) is 5.92 Å². The predicted molar refractivity (Wildman–Crippen MR) is 50.1 cm³/mol. The summed E-state index contributed by atoms with van der Waals surface area (Å²) in [5, 5.41) is 16.8. The van der Waals surface area contributed by atoms with E-state index in [9.17, 15) is 13.8 Å². The Balaban J connectivity index is 4.08. The Morgan fingerprint density at radius 3 is 2.29 bits per heavy atom.